The molecule has 1 aliphatic heterocycles. The molecular formula is C15H29N3O2S. The van der Waals surface area contributed by atoms with Crippen molar-refractivity contribution in [2.45, 2.75) is 50.8 Å². The van der Waals surface area contributed by atoms with Crippen molar-refractivity contribution in [2.75, 3.05) is 38.5 Å². The smallest absolute Gasteiger partial charge is 0.317 e. The van der Waals surface area contributed by atoms with E-state index in [2.05, 4.69) is 17.1 Å². The molecule has 0 spiro atoms. The van der Waals surface area contributed by atoms with Crippen LogP contribution in [-0.4, -0.2) is 69.8 Å². The van der Waals surface area contributed by atoms with Crippen LogP contribution in [0.1, 0.15) is 39.5 Å². The Morgan fingerprint density at radius 2 is 1.81 bits per heavy atom. The summed E-state index contributed by atoms with van der Waals surface area (Å²) < 4.78 is 12.2. The second-order valence-corrected chi connectivity index (χ2v) is 7.91. The molecule has 3 atom stereocenters. The lowest BCUT2D eigenvalue weighted by atomic mass is 9.95. The summed E-state index contributed by atoms with van der Waals surface area (Å²) in [7, 11) is -0.813. The number of nitrogens with zero attached hydrogens (tertiary/aromatic N) is 2. The van der Waals surface area contributed by atoms with E-state index in [9.17, 15) is 9.00 Å². The van der Waals surface area contributed by atoms with E-state index in [0.29, 0.717) is 5.75 Å². The first-order valence-electron chi connectivity index (χ1n) is 8.30. The van der Waals surface area contributed by atoms with Crippen molar-refractivity contribution < 1.29 is 9.00 Å². The largest absolute Gasteiger partial charge is 0.334 e. The second kappa shape index (κ2) is 8.13. The highest BCUT2D eigenvalue weighted by atomic mass is 32.2. The molecule has 0 aromatic carbocycles. The molecule has 1 N–H and O–H groups in total. The van der Waals surface area contributed by atoms with Gasteiger partial charge in [0.2, 0.25) is 0 Å². The fourth-order valence-corrected chi connectivity index (χ4v) is 4.74. The van der Waals surface area contributed by atoms with Gasteiger partial charge < -0.3 is 15.1 Å². The maximum atomic E-state index is 12.4. The standard InChI is InChI=1S/C15H29N3O2S/c1-3-17-9-11-18(12-10-17)15(19)16-13-7-5-6-8-14(13)21(20)4-2/h13-14H,3-12H2,1-2H3,(H,16,19)/t13-,14-,21+/m1/s1. The van der Waals surface area contributed by atoms with Crippen LogP contribution in [0.5, 0.6) is 0 Å². The van der Waals surface area contributed by atoms with Crippen LogP contribution in [-0.2, 0) is 10.8 Å². The van der Waals surface area contributed by atoms with Crippen LogP contribution >= 0.6 is 0 Å². The number of hydrogen-bond donors (Lipinski definition) is 1. The molecule has 2 fully saturated rings. The summed E-state index contributed by atoms with van der Waals surface area (Å²) >= 11 is 0. The van der Waals surface area contributed by atoms with Crippen molar-refractivity contribution in [1.29, 1.82) is 0 Å². The monoisotopic (exact) mass is 315 g/mol. The second-order valence-electron chi connectivity index (χ2n) is 5.97. The Kier molecular flexibility index (Phi) is 6.48. The van der Waals surface area contributed by atoms with Crippen LogP contribution in [0.25, 0.3) is 0 Å². The van der Waals surface area contributed by atoms with Gasteiger partial charge in [-0.25, -0.2) is 4.79 Å². The van der Waals surface area contributed by atoms with Gasteiger partial charge in [-0.2, -0.15) is 0 Å². The molecule has 0 unspecified atom stereocenters. The molecule has 2 amide bonds. The van der Waals surface area contributed by atoms with E-state index >= 15 is 0 Å². The summed E-state index contributed by atoms with van der Waals surface area (Å²) in [5.74, 6) is 0.687. The first-order chi connectivity index (χ1) is 10.2. The Morgan fingerprint density at radius 3 is 2.43 bits per heavy atom. The Balaban J connectivity index is 1.87. The van der Waals surface area contributed by atoms with E-state index in [-0.39, 0.29) is 17.3 Å². The SMILES string of the molecule is CCN1CCN(C(=O)N[C@@H]2CCCC[C@H]2[S@@](=O)CC)CC1. The van der Waals surface area contributed by atoms with Crippen LogP contribution in [0.3, 0.4) is 0 Å². The number of piperazine rings is 1. The highest BCUT2D eigenvalue weighted by Gasteiger charge is 2.31. The summed E-state index contributed by atoms with van der Waals surface area (Å²) in [6.07, 6.45) is 4.22. The number of amides is 2. The number of carbonyl (C=O) groups excluding carboxylic acids is 1. The van der Waals surface area contributed by atoms with E-state index in [1.807, 2.05) is 11.8 Å². The molecule has 1 heterocycles. The number of likely N-dealkylation sites (N-methyl/N-ethyl adjacent to an activating group) is 1. The molecule has 122 valence electrons. The third-order valence-corrected chi connectivity index (χ3v) is 6.55. The third-order valence-electron chi connectivity index (χ3n) is 4.74. The molecule has 21 heavy (non-hydrogen) atoms. The molecule has 1 saturated heterocycles. The topological polar surface area (TPSA) is 52.6 Å². The Hall–Kier alpha value is -0.620. The number of carbonyl (C=O) groups is 1. The van der Waals surface area contributed by atoms with Gasteiger partial charge in [0, 0.05) is 48.8 Å². The minimum atomic E-state index is -0.813. The molecule has 2 rings (SSSR count). The first-order valence-corrected chi connectivity index (χ1v) is 9.68. The van der Waals surface area contributed by atoms with E-state index in [1.54, 1.807) is 0 Å². The average molecular weight is 315 g/mol. The van der Waals surface area contributed by atoms with E-state index < -0.39 is 10.8 Å². The highest BCUT2D eigenvalue weighted by molar-refractivity contribution is 7.85. The van der Waals surface area contributed by atoms with E-state index in [1.165, 1.54) is 0 Å². The summed E-state index contributed by atoms with van der Waals surface area (Å²) in [5.41, 5.74) is 0. The molecule has 2 aliphatic rings. The molecular weight excluding hydrogens is 286 g/mol. The molecule has 1 saturated carbocycles. The normalized spacial score (nSPS) is 29.1. The van der Waals surface area contributed by atoms with Crippen LogP contribution < -0.4 is 5.32 Å². The maximum Gasteiger partial charge on any atom is 0.317 e. The minimum absolute atomic E-state index is 0.0377. The van der Waals surface area contributed by atoms with E-state index in [0.717, 1.165) is 58.4 Å². The van der Waals surface area contributed by atoms with Gasteiger partial charge in [0.15, 0.2) is 0 Å². The van der Waals surface area contributed by atoms with Crippen molar-refractivity contribution in [1.82, 2.24) is 15.1 Å². The molecule has 1 aliphatic carbocycles. The Morgan fingerprint density at radius 1 is 1.14 bits per heavy atom. The molecule has 0 aromatic heterocycles. The van der Waals surface area contributed by atoms with Crippen molar-refractivity contribution in [2.24, 2.45) is 0 Å². The van der Waals surface area contributed by atoms with Gasteiger partial charge in [-0.1, -0.05) is 26.7 Å². The van der Waals surface area contributed by atoms with Crippen LogP contribution in [0, 0.1) is 0 Å². The maximum absolute atomic E-state index is 12.4. The predicted octanol–water partition coefficient (Wildman–Crippen LogP) is 1.41. The Labute approximate surface area is 130 Å². The molecule has 0 radical (unpaired) electrons. The van der Waals surface area contributed by atoms with Crippen molar-refractivity contribution in [3.63, 3.8) is 0 Å². The number of rotatable bonds is 4. The first kappa shape index (κ1) is 16.7. The van der Waals surface area contributed by atoms with Crippen molar-refractivity contribution in [3.8, 4) is 0 Å². The summed E-state index contributed by atoms with van der Waals surface area (Å²) in [6.45, 7) is 8.69. The van der Waals surface area contributed by atoms with Crippen molar-refractivity contribution in [3.05, 3.63) is 0 Å². The van der Waals surface area contributed by atoms with Crippen LogP contribution in [0.2, 0.25) is 0 Å². The fourth-order valence-electron chi connectivity index (χ4n) is 3.31. The summed E-state index contributed by atoms with van der Waals surface area (Å²) in [6, 6.07) is 0.131. The third kappa shape index (κ3) is 4.42. The van der Waals surface area contributed by atoms with Gasteiger partial charge >= 0.3 is 6.03 Å². The molecule has 0 bridgehead atoms. The summed E-state index contributed by atoms with van der Waals surface area (Å²) in [4.78, 5) is 16.7. The van der Waals surface area contributed by atoms with Crippen LogP contribution in [0.15, 0.2) is 0 Å². The quantitative estimate of drug-likeness (QED) is 0.853. The number of urea groups is 1. The van der Waals surface area contributed by atoms with Gasteiger partial charge in [0.05, 0.1) is 5.25 Å². The van der Waals surface area contributed by atoms with Crippen molar-refractivity contribution >= 4 is 16.8 Å². The summed E-state index contributed by atoms with van der Waals surface area (Å²) in [5, 5.41) is 3.31. The lowest BCUT2D eigenvalue weighted by Gasteiger charge is -2.37. The zero-order chi connectivity index (χ0) is 15.2. The minimum Gasteiger partial charge on any atom is -0.334 e. The molecule has 5 nitrogen and oxygen atoms in total. The zero-order valence-electron chi connectivity index (χ0n) is 13.3. The molecule has 6 heteroatoms. The van der Waals surface area contributed by atoms with E-state index in [4.69, 9.17) is 0 Å². The number of nitrogens with one attached hydrogen (secondary N) is 1. The van der Waals surface area contributed by atoms with Gasteiger partial charge in [-0.3, -0.25) is 4.21 Å². The highest BCUT2D eigenvalue weighted by Crippen LogP contribution is 2.23. The average Bonchev–Trinajstić information content (AvgIpc) is 2.54. The molecule has 0 aromatic rings. The fraction of sp³-hybridized carbons (Fsp3) is 0.933. The Bertz CT molecular complexity index is 370. The predicted molar refractivity (Wildman–Crippen MR) is 86.9 cm³/mol. The van der Waals surface area contributed by atoms with Gasteiger partial charge in [0.1, 0.15) is 0 Å². The van der Waals surface area contributed by atoms with Gasteiger partial charge in [0.25, 0.3) is 0 Å². The van der Waals surface area contributed by atoms with Crippen LogP contribution in [0.4, 0.5) is 4.79 Å². The zero-order valence-corrected chi connectivity index (χ0v) is 14.2. The van der Waals surface area contributed by atoms with Gasteiger partial charge in [-0.05, 0) is 19.4 Å². The lowest BCUT2D eigenvalue weighted by molar-refractivity contribution is 0.139. The number of hydrogen-bond acceptors (Lipinski definition) is 3. The lowest BCUT2D eigenvalue weighted by Crippen LogP contribution is -2.56. The van der Waals surface area contributed by atoms with Gasteiger partial charge in [-0.15, -0.1) is 0 Å².